The van der Waals surface area contributed by atoms with E-state index < -0.39 is 0 Å². The summed E-state index contributed by atoms with van der Waals surface area (Å²) in [5.74, 6) is -0.266. The minimum absolute atomic E-state index is 0.266. The Morgan fingerprint density at radius 1 is 1.44 bits per heavy atom. The van der Waals surface area contributed by atoms with Crippen molar-refractivity contribution >= 4 is 15.9 Å². The first-order valence-electron chi connectivity index (χ1n) is 5.81. The summed E-state index contributed by atoms with van der Waals surface area (Å²) in [5.41, 5.74) is 2.75. The van der Waals surface area contributed by atoms with Crippen LogP contribution in [0.2, 0.25) is 0 Å². The molecule has 0 bridgehead atoms. The van der Waals surface area contributed by atoms with Crippen LogP contribution in [0.4, 0.5) is 4.39 Å². The lowest BCUT2D eigenvalue weighted by molar-refractivity contribution is 0.619. The third-order valence-corrected chi connectivity index (χ3v) is 3.32. The summed E-state index contributed by atoms with van der Waals surface area (Å²) in [7, 11) is 0. The number of imidazole rings is 1. The maximum absolute atomic E-state index is 13.6. The van der Waals surface area contributed by atoms with Crippen LogP contribution in [0.5, 0.6) is 0 Å². The monoisotopic (exact) mass is 311 g/mol. The zero-order valence-corrected chi connectivity index (χ0v) is 12.0. The highest BCUT2D eigenvalue weighted by molar-refractivity contribution is 9.10. The fraction of sp³-hybridized carbons (Fsp3) is 0.308. The van der Waals surface area contributed by atoms with Gasteiger partial charge in [-0.1, -0.05) is 6.92 Å². The Morgan fingerprint density at radius 3 is 2.94 bits per heavy atom. The van der Waals surface area contributed by atoms with Gasteiger partial charge in [0.25, 0.3) is 0 Å². The van der Waals surface area contributed by atoms with Gasteiger partial charge in [-0.25, -0.2) is 9.37 Å². The summed E-state index contributed by atoms with van der Waals surface area (Å²) in [5, 5.41) is 3.21. The van der Waals surface area contributed by atoms with E-state index in [9.17, 15) is 4.39 Å². The van der Waals surface area contributed by atoms with Gasteiger partial charge in [0.05, 0.1) is 22.2 Å². The second kappa shape index (κ2) is 5.63. The summed E-state index contributed by atoms with van der Waals surface area (Å²) >= 11 is 3.18. The Balaban J connectivity index is 2.31. The first kappa shape index (κ1) is 13.2. The molecule has 5 heteroatoms. The molecule has 1 aromatic carbocycles. The molecular formula is C13H15BrFN3. The van der Waals surface area contributed by atoms with Crippen LogP contribution in [0, 0.1) is 12.7 Å². The molecule has 0 amide bonds. The van der Waals surface area contributed by atoms with Crippen LogP contribution in [0.3, 0.4) is 0 Å². The van der Waals surface area contributed by atoms with Gasteiger partial charge in [-0.3, -0.25) is 0 Å². The second-order valence-corrected chi connectivity index (χ2v) is 4.96. The Bertz CT molecular complexity index is 551. The van der Waals surface area contributed by atoms with Crippen molar-refractivity contribution in [3.05, 3.63) is 46.2 Å². The van der Waals surface area contributed by atoms with Crippen LogP contribution in [0.25, 0.3) is 5.69 Å². The molecule has 0 spiro atoms. The quantitative estimate of drug-likeness (QED) is 0.939. The van der Waals surface area contributed by atoms with Crippen molar-refractivity contribution in [2.45, 2.75) is 20.4 Å². The highest BCUT2D eigenvalue weighted by Crippen LogP contribution is 2.23. The number of rotatable bonds is 4. The summed E-state index contributed by atoms with van der Waals surface area (Å²) in [4.78, 5) is 4.29. The second-order valence-electron chi connectivity index (χ2n) is 4.11. The van der Waals surface area contributed by atoms with Gasteiger partial charge in [-0.15, -0.1) is 0 Å². The number of aryl methyl sites for hydroxylation is 1. The molecule has 1 aromatic heterocycles. The molecule has 0 unspecified atom stereocenters. The first-order chi connectivity index (χ1) is 8.61. The van der Waals surface area contributed by atoms with Crippen LogP contribution in [0.15, 0.2) is 29.1 Å². The van der Waals surface area contributed by atoms with E-state index in [0.29, 0.717) is 4.47 Å². The third kappa shape index (κ3) is 2.79. The number of hydrogen-bond acceptors (Lipinski definition) is 2. The minimum Gasteiger partial charge on any atom is -0.311 e. The lowest BCUT2D eigenvalue weighted by Gasteiger charge is -2.07. The maximum atomic E-state index is 13.6. The molecular weight excluding hydrogens is 297 g/mol. The molecule has 0 aliphatic rings. The Morgan fingerprint density at radius 2 is 2.22 bits per heavy atom. The van der Waals surface area contributed by atoms with Gasteiger partial charge >= 0.3 is 0 Å². The standard InChI is InChI=1S/C13H15BrFN3/c1-3-16-6-10-7-18(8-17-10)13-5-12(15)11(14)4-9(13)2/h4-5,7-8,16H,3,6H2,1-2H3. The number of benzene rings is 1. The van der Waals surface area contributed by atoms with Gasteiger partial charge in [-0.05, 0) is 47.1 Å². The number of nitrogens with zero attached hydrogens (tertiary/aromatic N) is 2. The van der Waals surface area contributed by atoms with Gasteiger partial charge < -0.3 is 9.88 Å². The van der Waals surface area contributed by atoms with Crippen molar-refractivity contribution in [1.29, 1.82) is 0 Å². The molecule has 96 valence electrons. The molecule has 2 aromatic rings. The zero-order valence-electron chi connectivity index (χ0n) is 10.4. The summed E-state index contributed by atoms with van der Waals surface area (Å²) < 4.78 is 15.9. The van der Waals surface area contributed by atoms with Gasteiger partial charge in [-0.2, -0.15) is 0 Å². The average molecular weight is 312 g/mol. The van der Waals surface area contributed by atoms with Crippen LogP contribution in [-0.4, -0.2) is 16.1 Å². The average Bonchev–Trinajstić information content (AvgIpc) is 2.79. The molecule has 0 saturated heterocycles. The van der Waals surface area contributed by atoms with Crippen molar-refractivity contribution in [1.82, 2.24) is 14.9 Å². The highest BCUT2D eigenvalue weighted by atomic mass is 79.9. The van der Waals surface area contributed by atoms with E-state index in [0.717, 1.165) is 30.0 Å². The summed E-state index contributed by atoms with van der Waals surface area (Å²) in [6.07, 6.45) is 3.63. The Kier molecular flexibility index (Phi) is 4.14. The molecule has 0 aliphatic carbocycles. The van der Waals surface area contributed by atoms with Gasteiger partial charge in [0.2, 0.25) is 0 Å². The van der Waals surface area contributed by atoms with E-state index in [2.05, 4.69) is 26.2 Å². The van der Waals surface area contributed by atoms with Gasteiger partial charge in [0, 0.05) is 12.7 Å². The normalized spacial score (nSPS) is 10.9. The predicted molar refractivity (Wildman–Crippen MR) is 73.3 cm³/mol. The smallest absolute Gasteiger partial charge is 0.139 e. The van der Waals surface area contributed by atoms with Crippen LogP contribution >= 0.6 is 15.9 Å². The van der Waals surface area contributed by atoms with Crippen molar-refractivity contribution in [3.8, 4) is 5.69 Å². The number of aromatic nitrogens is 2. The zero-order chi connectivity index (χ0) is 13.1. The lowest BCUT2D eigenvalue weighted by Crippen LogP contribution is -2.11. The van der Waals surface area contributed by atoms with Crippen molar-refractivity contribution in [2.75, 3.05) is 6.54 Å². The fourth-order valence-corrected chi connectivity index (χ4v) is 2.21. The molecule has 1 N–H and O–H groups in total. The Labute approximate surface area is 114 Å². The Hall–Kier alpha value is -1.20. The molecule has 18 heavy (non-hydrogen) atoms. The summed E-state index contributed by atoms with van der Waals surface area (Å²) in [6, 6.07) is 3.28. The topological polar surface area (TPSA) is 29.9 Å². The lowest BCUT2D eigenvalue weighted by atomic mass is 10.2. The molecule has 0 radical (unpaired) electrons. The molecule has 2 rings (SSSR count). The van der Waals surface area contributed by atoms with Crippen LogP contribution < -0.4 is 5.32 Å². The van der Waals surface area contributed by atoms with Crippen molar-refractivity contribution < 1.29 is 4.39 Å². The third-order valence-electron chi connectivity index (χ3n) is 2.71. The van der Waals surface area contributed by atoms with Gasteiger partial charge in [0.1, 0.15) is 5.82 Å². The van der Waals surface area contributed by atoms with E-state index >= 15 is 0 Å². The highest BCUT2D eigenvalue weighted by Gasteiger charge is 2.08. The van der Waals surface area contributed by atoms with E-state index in [-0.39, 0.29) is 5.82 Å². The SMILES string of the molecule is CCNCc1cn(-c2cc(F)c(Br)cc2C)cn1. The molecule has 1 heterocycles. The fourth-order valence-electron chi connectivity index (χ4n) is 1.75. The minimum atomic E-state index is -0.266. The first-order valence-corrected chi connectivity index (χ1v) is 6.60. The summed E-state index contributed by atoms with van der Waals surface area (Å²) in [6.45, 7) is 5.62. The maximum Gasteiger partial charge on any atom is 0.139 e. The van der Waals surface area contributed by atoms with Crippen LogP contribution in [-0.2, 0) is 6.54 Å². The molecule has 0 atom stereocenters. The van der Waals surface area contributed by atoms with Gasteiger partial charge in [0.15, 0.2) is 0 Å². The molecule has 0 saturated carbocycles. The van der Waals surface area contributed by atoms with E-state index in [1.807, 2.05) is 24.6 Å². The number of halogens is 2. The van der Waals surface area contributed by atoms with E-state index in [1.54, 1.807) is 12.4 Å². The van der Waals surface area contributed by atoms with E-state index in [1.165, 1.54) is 6.07 Å². The van der Waals surface area contributed by atoms with Crippen LogP contribution in [0.1, 0.15) is 18.2 Å². The van der Waals surface area contributed by atoms with Crippen molar-refractivity contribution in [2.24, 2.45) is 0 Å². The largest absolute Gasteiger partial charge is 0.311 e. The van der Waals surface area contributed by atoms with E-state index in [4.69, 9.17) is 0 Å². The molecule has 0 fully saturated rings. The van der Waals surface area contributed by atoms with Crippen molar-refractivity contribution in [3.63, 3.8) is 0 Å². The molecule has 0 aliphatic heterocycles. The number of nitrogens with one attached hydrogen (secondary N) is 1. The number of hydrogen-bond donors (Lipinski definition) is 1. The predicted octanol–water partition coefficient (Wildman–Crippen LogP) is 3.19. The molecule has 3 nitrogen and oxygen atoms in total.